The predicted molar refractivity (Wildman–Crippen MR) is 123 cm³/mol. The number of aromatic nitrogens is 5. The molecule has 0 radical (unpaired) electrons. The fraction of sp³-hybridized carbons (Fsp3) is 0.391. The summed E-state index contributed by atoms with van der Waals surface area (Å²) in [7, 11) is 1.44. The zero-order chi connectivity index (χ0) is 24.6. The van der Waals surface area contributed by atoms with Crippen molar-refractivity contribution in [2.45, 2.75) is 37.8 Å². The maximum atomic E-state index is 14.3. The summed E-state index contributed by atoms with van der Waals surface area (Å²) >= 11 is 6.02. The van der Waals surface area contributed by atoms with E-state index in [2.05, 4.69) is 30.5 Å². The van der Waals surface area contributed by atoms with Gasteiger partial charge in [0.2, 0.25) is 11.8 Å². The summed E-state index contributed by atoms with van der Waals surface area (Å²) < 4.78 is 19.3. The first kappa shape index (κ1) is 23.2. The number of H-pyrrole nitrogens is 1. The van der Waals surface area contributed by atoms with Crippen LogP contribution in [0.2, 0.25) is 5.15 Å². The van der Waals surface area contributed by atoms with E-state index in [4.69, 9.17) is 16.3 Å². The van der Waals surface area contributed by atoms with Crippen molar-refractivity contribution in [2.75, 3.05) is 13.7 Å². The Balaban J connectivity index is 1.25. The lowest BCUT2D eigenvalue weighted by Crippen LogP contribution is -2.50. The molecule has 2 N–H and O–H groups in total. The summed E-state index contributed by atoms with van der Waals surface area (Å²) in [5.74, 6) is -0.847. The highest BCUT2D eigenvalue weighted by Crippen LogP contribution is 2.50. The van der Waals surface area contributed by atoms with Crippen molar-refractivity contribution in [3.8, 4) is 17.1 Å². The Hall–Kier alpha value is -3.60. The van der Waals surface area contributed by atoms with Gasteiger partial charge in [-0.3, -0.25) is 19.7 Å². The van der Waals surface area contributed by atoms with Gasteiger partial charge in [0.25, 0.3) is 5.91 Å². The van der Waals surface area contributed by atoms with E-state index >= 15 is 0 Å². The Morgan fingerprint density at radius 3 is 2.83 bits per heavy atom. The van der Waals surface area contributed by atoms with Gasteiger partial charge in [0.1, 0.15) is 0 Å². The number of pyridine rings is 1. The molecule has 1 aliphatic heterocycles. The van der Waals surface area contributed by atoms with Crippen LogP contribution in [0.4, 0.5) is 4.39 Å². The lowest BCUT2D eigenvalue weighted by molar-refractivity contribution is -0.127. The van der Waals surface area contributed by atoms with Crippen molar-refractivity contribution in [1.29, 1.82) is 0 Å². The molecule has 2 amide bonds. The highest BCUT2D eigenvalue weighted by Gasteiger charge is 2.54. The van der Waals surface area contributed by atoms with Crippen molar-refractivity contribution < 1.29 is 18.7 Å². The van der Waals surface area contributed by atoms with Gasteiger partial charge >= 0.3 is 0 Å². The molecule has 5 rings (SSSR count). The van der Waals surface area contributed by atoms with Crippen LogP contribution in [-0.4, -0.2) is 61.1 Å². The number of aromatic amines is 1. The van der Waals surface area contributed by atoms with Crippen molar-refractivity contribution in [2.24, 2.45) is 5.92 Å². The van der Waals surface area contributed by atoms with Crippen LogP contribution in [0.15, 0.2) is 30.7 Å². The number of carbonyl (C=O) groups is 2. The average molecular weight is 500 g/mol. The lowest BCUT2D eigenvalue weighted by atomic mass is 9.88. The first-order valence-electron chi connectivity index (χ1n) is 11.2. The summed E-state index contributed by atoms with van der Waals surface area (Å²) in [5, 5.41) is 10.0. The standard InChI is InChI=1S/C23H23ClFN7O3/c1-35-19-8-14(15(25)11-28-19)16-9-17(31-30-16)22(34)32-7-2-13(10-23(32)3-4-23)21(33)29-12-18-20(24)27-6-5-26-18/h5-6,8-9,11,13H,2-4,7,10,12H2,1H3,(H,29,33)(H,30,31). The Morgan fingerprint density at radius 1 is 1.29 bits per heavy atom. The number of nitrogens with one attached hydrogen (secondary N) is 2. The highest BCUT2D eigenvalue weighted by atomic mass is 35.5. The summed E-state index contributed by atoms with van der Waals surface area (Å²) in [6.45, 7) is 0.631. The molecule has 3 aromatic heterocycles. The van der Waals surface area contributed by atoms with Gasteiger partial charge in [-0.1, -0.05) is 11.6 Å². The molecule has 0 aromatic carbocycles. The molecule has 2 aliphatic rings. The first-order valence-corrected chi connectivity index (χ1v) is 11.6. The quantitative estimate of drug-likeness (QED) is 0.534. The molecule has 3 aromatic rings. The second kappa shape index (κ2) is 9.21. The van der Waals surface area contributed by atoms with Gasteiger partial charge in [0, 0.05) is 42.0 Å². The second-order valence-electron chi connectivity index (χ2n) is 8.76. The number of amides is 2. The van der Waals surface area contributed by atoms with Crippen LogP contribution in [0.25, 0.3) is 11.3 Å². The van der Waals surface area contributed by atoms with Gasteiger partial charge in [-0.25, -0.2) is 14.4 Å². The molecule has 1 saturated heterocycles. The number of halogens is 2. The van der Waals surface area contributed by atoms with Crippen molar-refractivity contribution in [1.82, 2.24) is 35.4 Å². The number of methoxy groups -OCH3 is 1. The number of carbonyl (C=O) groups excluding carboxylic acids is 2. The molecule has 1 saturated carbocycles. The lowest BCUT2D eigenvalue weighted by Gasteiger charge is -2.39. The molecule has 182 valence electrons. The van der Waals surface area contributed by atoms with E-state index in [-0.39, 0.29) is 52.1 Å². The zero-order valence-corrected chi connectivity index (χ0v) is 19.7. The van der Waals surface area contributed by atoms with E-state index in [1.54, 1.807) is 4.90 Å². The maximum absolute atomic E-state index is 14.3. The fourth-order valence-electron chi connectivity index (χ4n) is 4.58. The van der Waals surface area contributed by atoms with Crippen LogP contribution in [0.3, 0.4) is 0 Å². The summed E-state index contributed by atoms with van der Waals surface area (Å²) in [5.41, 5.74) is 0.915. The van der Waals surface area contributed by atoms with Crippen LogP contribution in [0.1, 0.15) is 41.9 Å². The number of ether oxygens (including phenoxy) is 1. The molecule has 1 unspecified atom stereocenters. The van der Waals surface area contributed by atoms with E-state index in [9.17, 15) is 14.0 Å². The normalized spacial score (nSPS) is 18.4. The molecule has 0 bridgehead atoms. The Labute approximate surface area is 205 Å². The maximum Gasteiger partial charge on any atom is 0.274 e. The molecule has 1 spiro atoms. The first-order chi connectivity index (χ1) is 16.9. The molecular weight excluding hydrogens is 477 g/mol. The third-order valence-electron chi connectivity index (χ3n) is 6.62. The molecule has 1 atom stereocenters. The van der Waals surface area contributed by atoms with E-state index in [1.807, 2.05) is 0 Å². The molecule has 1 aliphatic carbocycles. The molecule has 2 fully saturated rings. The van der Waals surface area contributed by atoms with Gasteiger partial charge in [-0.15, -0.1) is 0 Å². The summed E-state index contributed by atoms with van der Waals surface area (Å²) in [6.07, 6.45) is 6.83. The van der Waals surface area contributed by atoms with Crippen LogP contribution in [0.5, 0.6) is 5.88 Å². The Bertz CT molecular complexity index is 1280. The molecule has 35 heavy (non-hydrogen) atoms. The minimum atomic E-state index is -0.554. The Kier molecular flexibility index (Phi) is 6.10. The minimum absolute atomic E-state index is 0.0886. The van der Waals surface area contributed by atoms with Gasteiger partial charge in [-0.05, 0) is 31.7 Å². The van der Waals surface area contributed by atoms with Gasteiger partial charge in [0.05, 0.1) is 31.2 Å². The van der Waals surface area contributed by atoms with Gasteiger partial charge in [0.15, 0.2) is 16.7 Å². The monoisotopic (exact) mass is 499 g/mol. The number of piperidine rings is 1. The number of nitrogens with zero attached hydrogens (tertiary/aromatic N) is 5. The average Bonchev–Trinajstić information content (AvgIpc) is 3.44. The van der Waals surface area contributed by atoms with Crippen molar-refractivity contribution in [3.05, 3.63) is 53.1 Å². The van der Waals surface area contributed by atoms with Crippen molar-refractivity contribution in [3.63, 3.8) is 0 Å². The van der Waals surface area contributed by atoms with Gasteiger partial charge < -0.3 is 15.0 Å². The summed E-state index contributed by atoms with van der Waals surface area (Å²) in [6, 6.07) is 2.97. The van der Waals surface area contributed by atoms with E-state index in [0.717, 1.165) is 19.0 Å². The SMILES string of the molecule is COc1cc(-c2cc(C(=O)N3CCC(C(=O)NCc4nccnc4Cl)CC34CC4)n[nH]2)c(F)cn1. The number of rotatable bonds is 6. The van der Waals surface area contributed by atoms with Crippen LogP contribution in [-0.2, 0) is 11.3 Å². The second-order valence-corrected chi connectivity index (χ2v) is 9.11. The predicted octanol–water partition coefficient (Wildman–Crippen LogP) is 2.76. The van der Waals surface area contributed by atoms with Crippen LogP contribution in [0, 0.1) is 11.7 Å². The smallest absolute Gasteiger partial charge is 0.274 e. The van der Waals surface area contributed by atoms with Crippen molar-refractivity contribution >= 4 is 23.4 Å². The van der Waals surface area contributed by atoms with Gasteiger partial charge in [-0.2, -0.15) is 5.10 Å². The third kappa shape index (κ3) is 4.55. The van der Waals surface area contributed by atoms with Crippen LogP contribution >= 0.6 is 11.6 Å². The molecule has 10 nitrogen and oxygen atoms in total. The minimum Gasteiger partial charge on any atom is -0.481 e. The molecule has 12 heteroatoms. The van der Waals surface area contributed by atoms with E-state index in [0.29, 0.717) is 30.8 Å². The number of hydrogen-bond donors (Lipinski definition) is 2. The van der Waals surface area contributed by atoms with E-state index in [1.165, 1.54) is 31.6 Å². The Morgan fingerprint density at radius 2 is 2.09 bits per heavy atom. The highest BCUT2D eigenvalue weighted by molar-refractivity contribution is 6.30. The topological polar surface area (TPSA) is 126 Å². The summed E-state index contributed by atoms with van der Waals surface area (Å²) in [4.78, 5) is 39.9. The third-order valence-corrected chi connectivity index (χ3v) is 6.94. The zero-order valence-electron chi connectivity index (χ0n) is 18.9. The molecular formula is C23H23ClFN7O3. The molecule has 4 heterocycles. The van der Waals surface area contributed by atoms with Crippen LogP contribution < -0.4 is 10.1 Å². The number of likely N-dealkylation sites (tertiary alicyclic amines) is 1. The largest absolute Gasteiger partial charge is 0.481 e. The van der Waals surface area contributed by atoms with E-state index < -0.39 is 5.82 Å². The number of hydrogen-bond acceptors (Lipinski definition) is 7. The fourth-order valence-corrected chi connectivity index (χ4v) is 4.75.